The number of aromatic amines is 1. The fourth-order valence-electron chi connectivity index (χ4n) is 2.87. The Bertz CT molecular complexity index is 1440. The molecular weight excluding hydrogens is 416 g/mol. The SMILES string of the molecule is CS(=O)(=O)c1ccc(-c2cc(=O)c3cc(F)c4[nH]c(C(F)(F)F)nc4c3o2)cc1. The van der Waals surface area contributed by atoms with Crippen LogP contribution >= 0.6 is 0 Å². The van der Waals surface area contributed by atoms with Gasteiger partial charge in [0, 0.05) is 17.9 Å². The first-order chi connectivity index (χ1) is 13.4. The van der Waals surface area contributed by atoms with Crippen molar-refractivity contribution < 1.29 is 30.4 Å². The Kier molecular flexibility index (Phi) is 4.05. The van der Waals surface area contributed by atoms with E-state index in [1.807, 2.05) is 4.98 Å². The second-order valence-corrected chi connectivity index (χ2v) is 8.33. The lowest BCUT2D eigenvalue weighted by Gasteiger charge is -2.05. The topological polar surface area (TPSA) is 93.0 Å². The van der Waals surface area contributed by atoms with E-state index in [9.17, 15) is 30.8 Å². The maximum Gasteiger partial charge on any atom is 0.449 e. The van der Waals surface area contributed by atoms with Crippen molar-refractivity contribution in [2.24, 2.45) is 0 Å². The Balaban J connectivity index is 1.98. The number of nitrogens with zero attached hydrogens (tertiary/aromatic N) is 1. The molecule has 0 radical (unpaired) electrons. The predicted octanol–water partition coefficient (Wildman–Crippen LogP) is 3.90. The van der Waals surface area contributed by atoms with E-state index in [2.05, 4.69) is 4.98 Å². The van der Waals surface area contributed by atoms with Crippen molar-refractivity contribution in [3.05, 3.63) is 58.3 Å². The summed E-state index contributed by atoms with van der Waals surface area (Å²) in [6, 6.07) is 7.18. The lowest BCUT2D eigenvalue weighted by atomic mass is 10.1. The average molecular weight is 426 g/mol. The van der Waals surface area contributed by atoms with Crippen LogP contribution in [0.5, 0.6) is 0 Å². The highest BCUT2D eigenvalue weighted by molar-refractivity contribution is 7.90. The first-order valence-electron chi connectivity index (χ1n) is 7.99. The third-order valence-corrected chi connectivity index (χ3v) is 5.38. The van der Waals surface area contributed by atoms with Gasteiger partial charge in [-0.3, -0.25) is 4.79 Å². The van der Waals surface area contributed by atoms with Crippen molar-refractivity contribution in [3.63, 3.8) is 0 Å². The third kappa shape index (κ3) is 3.27. The standard InChI is InChI=1S/C18H10F4N2O4S/c1-29(26,27)9-4-2-8(3-5-9)13-7-12(25)10-6-11(19)14-15(16(10)28-13)24-17(23-14)18(20,21)22/h2-7H,1H3,(H,23,24). The van der Waals surface area contributed by atoms with E-state index in [4.69, 9.17) is 4.42 Å². The number of hydrogen-bond donors (Lipinski definition) is 1. The number of hydrogen-bond acceptors (Lipinski definition) is 5. The van der Waals surface area contributed by atoms with Gasteiger partial charge in [-0.15, -0.1) is 0 Å². The van der Waals surface area contributed by atoms with E-state index in [0.29, 0.717) is 5.56 Å². The highest BCUT2D eigenvalue weighted by atomic mass is 32.2. The van der Waals surface area contributed by atoms with Crippen LogP contribution in [0.4, 0.5) is 17.6 Å². The lowest BCUT2D eigenvalue weighted by Crippen LogP contribution is -2.06. The number of halogens is 4. The second-order valence-electron chi connectivity index (χ2n) is 6.31. The maximum atomic E-state index is 14.2. The molecule has 0 atom stereocenters. The van der Waals surface area contributed by atoms with Gasteiger partial charge < -0.3 is 9.40 Å². The van der Waals surface area contributed by atoms with Crippen LogP contribution in [0.1, 0.15) is 5.82 Å². The van der Waals surface area contributed by atoms with E-state index in [-0.39, 0.29) is 21.6 Å². The summed E-state index contributed by atoms with van der Waals surface area (Å²) >= 11 is 0. The largest absolute Gasteiger partial charge is 0.453 e. The van der Waals surface area contributed by atoms with Gasteiger partial charge in [-0.2, -0.15) is 13.2 Å². The summed E-state index contributed by atoms with van der Waals surface area (Å²) in [4.78, 5) is 17.7. The van der Waals surface area contributed by atoms with Gasteiger partial charge in [0.1, 0.15) is 22.6 Å². The van der Waals surface area contributed by atoms with Crippen molar-refractivity contribution in [1.82, 2.24) is 9.97 Å². The number of rotatable bonds is 2. The number of alkyl halides is 3. The zero-order valence-electron chi connectivity index (χ0n) is 14.5. The van der Waals surface area contributed by atoms with Gasteiger partial charge in [-0.1, -0.05) is 0 Å². The van der Waals surface area contributed by atoms with Crippen molar-refractivity contribution in [1.29, 1.82) is 0 Å². The maximum absolute atomic E-state index is 14.2. The summed E-state index contributed by atoms with van der Waals surface area (Å²) in [6.45, 7) is 0. The zero-order valence-corrected chi connectivity index (χ0v) is 15.3. The first kappa shape index (κ1) is 19.1. The minimum Gasteiger partial charge on any atom is -0.453 e. The molecule has 0 saturated heterocycles. The van der Waals surface area contributed by atoms with Crippen LogP contribution in [-0.4, -0.2) is 24.6 Å². The zero-order chi connectivity index (χ0) is 21.1. The average Bonchev–Trinajstić information content (AvgIpc) is 3.09. The van der Waals surface area contributed by atoms with Gasteiger partial charge >= 0.3 is 6.18 Å². The molecule has 4 aromatic rings. The van der Waals surface area contributed by atoms with E-state index in [1.54, 1.807) is 0 Å². The Hall–Kier alpha value is -3.21. The highest BCUT2D eigenvalue weighted by Crippen LogP contribution is 2.33. The minimum absolute atomic E-state index is 0.0352. The molecule has 150 valence electrons. The molecule has 0 aliphatic carbocycles. The summed E-state index contributed by atoms with van der Waals surface area (Å²) in [5, 5.41) is -0.272. The van der Waals surface area contributed by atoms with Crippen LogP contribution in [0.3, 0.4) is 0 Å². The molecule has 0 saturated carbocycles. The van der Waals surface area contributed by atoms with E-state index in [0.717, 1.165) is 18.4 Å². The van der Waals surface area contributed by atoms with Crippen LogP contribution in [-0.2, 0) is 16.0 Å². The number of aromatic nitrogens is 2. The number of sulfone groups is 1. The first-order valence-corrected chi connectivity index (χ1v) is 9.88. The van der Waals surface area contributed by atoms with E-state index < -0.39 is 44.1 Å². The Morgan fingerprint density at radius 2 is 1.76 bits per heavy atom. The molecule has 0 aliphatic heterocycles. The molecule has 29 heavy (non-hydrogen) atoms. The van der Waals surface area contributed by atoms with Gasteiger partial charge in [0.25, 0.3) is 0 Å². The molecule has 2 aromatic heterocycles. The van der Waals surface area contributed by atoms with Crippen LogP contribution in [0, 0.1) is 5.82 Å². The van der Waals surface area contributed by atoms with Crippen molar-refractivity contribution in [2.75, 3.05) is 6.26 Å². The van der Waals surface area contributed by atoms with Gasteiger partial charge in [0.05, 0.1) is 10.3 Å². The predicted molar refractivity (Wildman–Crippen MR) is 95.6 cm³/mol. The molecule has 0 bridgehead atoms. The molecule has 0 fully saturated rings. The summed E-state index contributed by atoms with van der Waals surface area (Å²) in [5.74, 6) is -2.54. The molecule has 0 unspecified atom stereocenters. The van der Waals surface area contributed by atoms with Crippen molar-refractivity contribution >= 4 is 31.8 Å². The van der Waals surface area contributed by atoms with Crippen LogP contribution in [0.15, 0.2) is 50.5 Å². The molecule has 4 rings (SSSR count). The van der Waals surface area contributed by atoms with Crippen molar-refractivity contribution in [3.8, 4) is 11.3 Å². The molecule has 0 amide bonds. The van der Waals surface area contributed by atoms with Crippen LogP contribution in [0.25, 0.3) is 33.3 Å². The molecule has 0 aliphatic rings. The quantitative estimate of drug-likeness (QED) is 0.491. The molecule has 0 spiro atoms. The van der Waals surface area contributed by atoms with Gasteiger partial charge in [0.2, 0.25) is 5.82 Å². The van der Waals surface area contributed by atoms with Crippen molar-refractivity contribution in [2.45, 2.75) is 11.1 Å². The number of fused-ring (bicyclic) bond motifs is 3. The summed E-state index contributed by atoms with van der Waals surface area (Å²) in [7, 11) is -3.44. The third-order valence-electron chi connectivity index (χ3n) is 4.25. The Morgan fingerprint density at radius 3 is 2.34 bits per heavy atom. The summed E-state index contributed by atoms with van der Waals surface area (Å²) < 4.78 is 81.8. The fourth-order valence-corrected chi connectivity index (χ4v) is 3.50. The molecular formula is C18H10F4N2O4S. The number of H-pyrrole nitrogens is 1. The minimum atomic E-state index is -4.85. The Morgan fingerprint density at radius 1 is 1.10 bits per heavy atom. The number of benzene rings is 2. The Labute approximate surface area is 159 Å². The van der Waals surface area contributed by atoms with Crippen LogP contribution in [0.2, 0.25) is 0 Å². The fraction of sp³-hybridized carbons (Fsp3) is 0.111. The van der Waals surface area contributed by atoms with Gasteiger partial charge in [-0.25, -0.2) is 17.8 Å². The lowest BCUT2D eigenvalue weighted by molar-refractivity contribution is -0.144. The molecule has 2 heterocycles. The van der Waals surface area contributed by atoms with E-state index >= 15 is 0 Å². The normalized spacial score (nSPS) is 12.7. The molecule has 1 N–H and O–H groups in total. The van der Waals surface area contributed by atoms with E-state index in [1.165, 1.54) is 24.3 Å². The number of nitrogens with one attached hydrogen (secondary N) is 1. The summed E-state index contributed by atoms with van der Waals surface area (Å²) in [6.07, 6.45) is -3.82. The molecule has 6 nitrogen and oxygen atoms in total. The number of imidazole rings is 1. The molecule has 11 heteroatoms. The highest BCUT2D eigenvalue weighted by Gasteiger charge is 2.35. The molecule has 2 aromatic carbocycles. The van der Waals surface area contributed by atoms with Crippen LogP contribution < -0.4 is 5.43 Å². The second kappa shape index (κ2) is 6.14. The van der Waals surface area contributed by atoms with Gasteiger partial charge in [-0.05, 0) is 30.3 Å². The smallest absolute Gasteiger partial charge is 0.449 e. The monoisotopic (exact) mass is 426 g/mol. The summed E-state index contributed by atoms with van der Waals surface area (Å²) in [5.41, 5.74) is -1.72. The van der Waals surface area contributed by atoms with Gasteiger partial charge in [0.15, 0.2) is 20.8 Å².